The number of likely N-dealkylation sites (N-methyl/N-ethyl adjacent to an activating group) is 1. The van der Waals surface area contributed by atoms with Crippen molar-refractivity contribution >= 4 is 67.5 Å². The fourth-order valence-electron chi connectivity index (χ4n) is 8.18. The Labute approximate surface area is 420 Å². The summed E-state index contributed by atoms with van der Waals surface area (Å²) in [7, 11) is -2.40. The molecule has 2 aliphatic heterocycles. The minimum absolute atomic E-state index is 0.000188. The molecule has 0 spiro atoms. The molecule has 0 unspecified atom stereocenters. The summed E-state index contributed by atoms with van der Waals surface area (Å²) in [5.41, 5.74) is 10.2. The monoisotopic (exact) mass is 1050 g/mol. The van der Waals surface area contributed by atoms with Gasteiger partial charge < -0.3 is 72.4 Å². The van der Waals surface area contributed by atoms with Gasteiger partial charge in [-0.2, -0.15) is 0 Å². The van der Waals surface area contributed by atoms with Gasteiger partial charge in [-0.15, -0.1) is 20.0 Å². The number of fused-ring (bicyclic) bond motifs is 4. The van der Waals surface area contributed by atoms with Gasteiger partial charge in [0, 0.05) is 78.4 Å². The molecule has 4 aromatic carbocycles. The highest BCUT2D eigenvalue weighted by Crippen LogP contribution is 2.47. The summed E-state index contributed by atoms with van der Waals surface area (Å²) < 4.78 is 63.5. The van der Waals surface area contributed by atoms with Crippen LogP contribution in [0.5, 0.6) is 28.7 Å². The minimum Gasteiger partial charge on any atom is -0.508 e. The smallest absolute Gasteiger partial charge is 0.501 e. The Kier molecular flexibility index (Phi) is 15.7. The zero-order chi connectivity index (χ0) is 52.1. The highest BCUT2D eigenvalue weighted by atomic mass is 35.5. The Balaban J connectivity index is 1.11. The molecule has 6 N–H and O–H groups in total. The lowest BCUT2D eigenvalue weighted by atomic mass is 9.95. The molecule has 0 radical (unpaired) electrons. The summed E-state index contributed by atoms with van der Waals surface area (Å²) >= 11 is 6.56. The molecule has 4 heterocycles. The van der Waals surface area contributed by atoms with Crippen LogP contribution in [0.15, 0.2) is 96.4 Å². The van der Waals surface area contributed by atoms with Crippen LogP contribution in [0.25, 0.3) is 26.9 Å². The predicted molar refractivity (Wildman–Crippen MR) is 260 cm³/mol. The lowest BCUT2D eigenvalue weighted by molar-refractivity contribution is -0.277. The van der Waals surface area contributed by atoms with Crippen LogP contribution >= 0.6 is 11.6 Å². The van der Waals surface area contributed by atoms with Gasteiger partial charge in [0.25, 0.3) is 17.7 Å². The normalized spacial score (nSPS) is 19.5. The van der Waals surface area contributed by atoms with E-state index >= 15 is 0 Å². The number of aromatic nitrogens is 2. The first-order valence-corrected chi connectivity index (χ1v) is 24.1. The number of hydrogen-bond donors (Lipinski definition) is 6. The number of phenols is 1. The van der Waals surface area contributed by atoms with E-state index in [2.05, 4.69) is 20.3 Å². The van der Waals surface area contributed by atoms with Crippen molar-refractivity contribution in [2.45, 2.75) is 36.6 Å². The number of carbonyl (C=O) groups excluding carboxylic acids is 3. The average Bonchev–Trinajstić information content (AvgIpc) is 3.99. The number of alkyl halides is 1. The van der Waals surface area contributed by atoms with Crippen LogP contribution in [0.2, 0.25) is 0 Å². The van der Waals surface area contributed by atoms with Gasteiger partial charge in [0.05, 0.1) is 38.3 Å². The molecule has 2 aromatic heterocycles. The van der Waals surface area contributed by atoms with E-state index < -0.39 is 82.9 Å². The zero-order valence-corrected chi connectivity index (χ0v) is 40.3. The number of amides is 3. The largest absolute Gasteiger partial charge is 0.508 e. The van der Waals surface area contributed by atoms with Crippen LogP contribution in [0.1, 0.15) is 42.7 Å². The third-order valence-electron chi connectivity index (χ3n) is 11.9. The first-order valence-electron chi connectivity index (χ1n) is 22.2. The summed E-state index contributed by atoms with van der Waals surface area (Å²) in [5, 5.41) is 57.8. The zero-order valence-electron chi connectivity index (χ0n) is 38.7. The first-order chi connectivity index (χ1) is 35.0. The SMILES string of the molecule is COc1ccc2c(OS(=O)(=O)Oc3cc(C(=O)N(C)CCOCCN=[N+]=[N-])ccc3O[C@@H]3O[C@H](CO)[C@H](O)[C@H](O)[C@@H]3O)cc3c(c2c1)[C@H](CCl)CN3C(=O)c1cn2cc(NC(=O)c3ccc(O)cc3)ccc2n1. The van der Waals surface area contributed by atoms with E-state index in [1.54, 1.807) is 40.9 Å². The summed E-state index contributed by atoms with van der Waals surface area (Å²) in [5.74, 6) is -3.20. The van der Waals surface area contributed by atoms with E-state index in [4.69, 9.17) is 44.4 Å². The Morgan fingerprint density at radius 1 is 0.932 bits per heavy atom. The van der Waals surface area contributed by atoms with E-state index in [1.165, 1.54) is 66.6 Å². The molecule has 73 heavy (non-hydrogen) atoms. The maximum atomic E-state index is 14.5. The lowest BCUT2D eigenvalue weighted by Gasteiger charge is -2.39. The van der Waals surface area contributed by atoms with Gasteiger partial charge in [-0.3, -0.25) is 14.4 Å². The molecule has 0 saturated carbocycles. The second-order valence-corrected chi connectivity index (χ2v) is 18.1. The van der Waals surface area contributed by atoms with Crippen LogP contribution in [-0.2, 0) is 19.9 Å². The number of aliphatic hydroxyl groups excluding tert-OH is 4. The fraction of sp³-hybridized carbons (Fsp3) is 0.319. The quantitative estimate of drug-likeness (QED) is 0.0221. The second-order valence-electron chi connectivity index (χ2n) is 16.6. The fourth-order valence-corrected chi connectivity index (χ4v) is 9.18. The van der Waals surface area contributed by atoms with Gasteiger partial charge in [-0.25, -0.2) is 4.98 Å². The van der Waals surface area contributed by atoms with Crippen molar-refractivity contribution in [2.75, 3.05) is 69.7 Å². The van der Waals surface area contributed by atoms with Crippen LogP contribution in [-0.4, -0.2) is 156 Å². The summed E-state index contributed by atoms with van der Waals surface area (Å²) in [6.45, 7) is -0.499. The third kappa shape index (κ3) is 11.3. The molecule has 8 rings (SSSR count). The van der Waals surface area contributed by atoms with E-state index in [0.29, 0.717) is 33.6 Å². The van der Waals surface area contributed by atoms with Crippen molar-refractivity contribution in [3.05, 3.63) is 124 Å². The molecule has 0 bridgehead atoms. The number of imidazole rings is 1. The average molecular weight is 1050 g/mol. The van der Waals surface area contributed by atoms with Gasteiger partial charge in [0.2, 0.25) is 6.29 Å². The number of benzene rings is 4. The number of rotatable bonds is 19. The number of anilines is 2. The predicted octanol–water partition coefficient (Wildman–Crippen LogP) is 3.72. The van der Waals surface area contributed by atoms with Crippen LogP contribution in [0.3, 0.4) is 0 Å². The lowest BCUT2D eigenvalue weighted by Crippen LogP contribution is -2.60. The minimum atomic E-state index is -5.28. The Morgan fingerprint density at radius 3 is 2.41 bits per heavy atom. The van der Waals surface area contributed by atoms with Crippen molar-refractivity contribution in [2.24, 2.45) is 5.11 Å². The Hall–Kier alpha value is -7.45. The number of methoxy groups -OCH3 is 1. The molecule has 24 nitrogen and oxygen atoms in total. The molecule has 0 aliphatic carbocycles. The summed E-state index contributed by atoms with van der Waals surface area (Å²) in [6.07, 6.45) is -5.73. The number of nitrogens with one attached hydrogen (secondary N) is 1. The molecule has 2 aliphatic rings. The molecule has 26 heteroatoms. The van der Waals surface area contributed by atoms with Crippen molar-refractivity contribution in [3.8, 4) is 28.7 Å². The number of hydrogen-bond acceptors (Lipinski definition) is 18. The number of pyridine rings is 1. The highest BCUT2D eigenvalue weighted by Gasteiger charge is 2.45. The number of ether oxygens (including phenoxy) is 4. The Bertz CT molecular complexity index is 3210. The Morgan fingerprint density at radius 2 is 1.68 bits per heavy atom. The van der Waals surface area contributed by atoms with Gasteiger partial charge in [-0.1, -0.05) is 5.11 Å². The number of nitrogens with zero attached hydrogens (tertiary/aromatic N) is 7. The maximum absolute atomic E-state index is 14.5. The van der Waals surface area contributed by atoms with E-state index in [9.17, 15) is 48.3 Å². The number of azide groups is 1. The van der Waals surface area contributed by atoms with E-state index in [0.717, 1.165) is 12.1 Å². The number of aliphatic hydroxyl groups is 4. The molecular weight excluding hydrogens is 1000 g/mol. The standard InChI is InChI=1S/C47H47ClN8O16S/c1-54(14-16-68-15-13-50-53-49)45(63)26-5-11-35(69-47-43(61)42(60)41(59)38(24-57)70-47)37(17-26)72-73(65,66)71-36-19-34-40(32-18-30(67-2)9-10-31(32)36)27(20-48)21-56(34)46(64)33-23-55-22-28(6-12-39(55)52-33)51-44(62)25-3-7-29(58)8-4-25/h3-12,17-19,22-23,27,38,41-43,47,57-61H,13-16,20-21,24H2,1-2H3,(H,51,62)/t27-,38-,41+,42+,43+,47-/m1/s1. The van der Waals surface area contributed by atoms with E-state index in [1.807, 2.05) is 0 Å². The van der Waals surface area contributed by atoms with Crippen molar-refractivity contribution in [1.29, 1.82) is 0 Å². The van der Waals surface area contributed by atoms with Gasteiger partial charge >= 0.3 is 10.4 Å². The van der Waals surface area contributed by atoms with Gasteiger partial charge in [0.15, 0.2) is 17.2 Å². The van der Waals surface area contributed by atoms with Gasteiger partial charge in [-0.05, 0) is 89.3 Å². The highest BCUT2D eigenvalue weighted by molar-refractivity contribution is 7.82. The van der Waals surface area contributed by atoms with Crippen molar-refractivity contribution < 1.29 is 75.6 Å². The third-order valence-corrected chi connectivity index (χ3v) is 13.0. The summed E-state index contributed by atoms with van der Waals surface area (Å²) in [6, 6.07) is 18.3. The van der Waals surface area contributed by atoms with Crippen LogP contribution in [0, 0.1) is 0 Å². The molecular formula is C47H47ClN8O16S. The molecule has 384 valence electrons. The van der Waals surface area contributed by atoms with Crippen LogP contribution in [0.4, 0.5) is 11.4 Å². The van der Waals surface area contributed by atoms with E-state index in [-0.39, 0.29) is 72.6 Å². The first kappa shape index (κ1) is 51.9. The molecule has 1 saturated heterocycles. The molecule has 3 amide bonds. The maximum Gasteiger partial charge on any atom is 0.501 e. The number of aromatic hydroxyl groups is 1. The number of phenolic OH excluding ortho intramolecular Hbond substituents is 1. The number of halogens is 1. The summed E-state index contributed by atoms with van der Waals surface area (Å²) in [4.78, 5) is 50.9. The second kappa shape index (κ2) is 22.1. The van der Waals surface area contributed by atoms with Crippen molar-refractivity contribution in [3.63, 3.8) is 0 Å². The topological polar surface area (TPSA) is 326 Å². The van der Waals surface area contributed by atoms with Crippen molar-refractivity contribution in [1.82, 2.24) is 14.3 Å². The number of carbonyl (C=O) groups is 3. The molecule has 6 aromatic rings. The molecule has 1 fully saturated rings. The molecule has 6 atom stereocenters. The van der Waals surface area contributed by atoms with Crippen LogP contribution < -0.4 is 28.1 Å². The van der Waals surface area contributed by atoms with Gasteiger partial charge in [0.1, 0.15) is 47.3 Å².